The van der Waals surface area contributed by atoms with Crippen molar-refractivity contribution in [3.05, 3.63) is 0 Å². The molecule has 0 aromatic rings. The van der Waals surface area contributed by atoms with Crippen molar-refractivity contribution in [2.24, 2.45) is 17.8 Å². The van der Waals surface area contributed by atoms with E-state index in [4.69, 9.17) is 4.74 Å². The zero-order chi connectivity index (χ0) is 12.8. The monoisotopic (exact) mass is 257 g/mol. The van der Waals surface area contributed by atoms with Crippen molar-refractivity contribution in [3.8, 4) is 0 Å². The summed E-state index contributed by atoms with van der Waals surface area (Å²) in [6, 6.07) is 0.600. The fourth-order valence-electron chi connectivity index (χ4n) is 2.66. The van der Waals surface area contributed by atoms with Gasteiger partial charge in [-0.1, -0.05) is 48.5 Å². The van der Waals surface area contributed by atoms with Gasteiger partial charge in [-0.05, 0) is 30.6 Å². The highest BCUT2D eigenvalue weighted by atomic mass is 16.5. The van der Waals surface area contributed by atoms with Crippen LogP contribution in [0, 0.1) is 17.8 Å². The van der Waals surface area contributed by atoms with Gasteiger partial charge in [-0.3, -0.25) is 0 Å². The molecule has 2 nitrogen and oxygen atoms in total. The van der Waals surface area contributed by atoms with E-state index < -0.39 is 0 Å². The molecule has 0 aromatic heterocycles. The van der Waals surface area contributed by atoms with Crippen LogP contribution in [0.15, 0.2) is 0 Å². The van der Waals surface area contributed by atoms with Crippen LogP contribution >= 0.6 is 0 Å². The minimum Gasteiger partial charge on any atom is -0.376 e. The van der Waals surface area contributed by atoms with E-state index >= 15 is 0 Å². The van der Waals surface area contributed by atoms with Crippen LogP contribution in [0.2, 0.25) is 0 Å². The molecule has 2 aliphatic rings. The van der Waals surface area contributed by atoms with Crippen LogP contribution in [-0.4, -0.2) is 25.3 Å². The van der Waals surface area contributed by atoms with Gasteiger partial charge in [0.1, 0.15) is 0 Å². The Morgan fingerprint density at radius 3 is 2.22 bits per heavy atom. The lowest BCUT2D eigenvalue weighted by molar-refractivity contribution is 0.0202. The first kappa shape index (κ1) is 17.9. The normalized spacial score (nSPS) is 31.2. The van der Waals surface area contributed by atoms with E-state index in [2.05, 4.69) is 39.9 Å². The molecule has 0 radical (unpaired) electrons. The molecular weight excluding hydrogens is 222 g/mol. The molecule has 2 rings (SSSR count). The molecule has 0 aliphatic carbocycles. The molecule has 2 fully saturated rings. The third-order valence-corrected chi connectivity index (χ3v) is 3.43. The first-order chi connectivity index (χ1) is 8.02. The summed E-state index contributed by atoms with van der Waals surface area (Å²) in [6.07, 6.45) is 4.48. The average Bonchev–Trinajstić information content (AvgIpc) is 2.48. The Morgan fingerprint density at radius 1 is 1.06 bits per heavy atom. The molecule has 0 aromatic carbocycles. The highest BCUT2D eigenvalue weighted by molar-refractivity contribution is 4.93. The molecule has 0 amide bonds. The van der Waals surface area contributed by atoms with Crippen LogP contribution in [0.5, 0.6) is 0 Å². The number of hydrogen-bond donors (Lipinski definition) is 1. The third kappa shape index (κ3) is 5.71. The van der Waals surface area contributed by atoms with E-state index in [0.717, 1.165) is 18.4 Å². The smallest absolute Gasteiger partial charge is 0.0770 e. The largest absolute Gasteiger partial charge is 0.376 e. The van der Waals surface area contributed by atoms with E-state index in [1.54, 1.807) is 0 Å². The van der Waals surface area contributed by atoms with Gasteiger partial charge >= 0.3 is 0 Å². The lowest BCUT2D eigenvalue weighted by atomic mass is 9.92. The summed E-state index contributed by atoms with van der Waals surface area (Å²) < 4.78 is 5.94. The Morgan fingerprint density at radius 2 is 1.67 bits per heavy atom. The summed E-state index contributed by atoms with van der Waals surface area (Å²) in [5.41, 5.74) is 0. The fraction of sp³-hybridized carbons (Fsp3) is 1.00. The van der Waals surface area contributed by atoms with Crippen molar-refractivity contribution in [2.75, 3.05) is 13.2 Å². The first-order valence-electron chi connectivity index (χ1n) is 7.37. The van der Waals surface area contributed by atoms with E-state index in [1.807, 2.05) is 0 Å². The maximum Gasteiger partial charge on any atom is 0.0770 e. The predicted octanol–water partition coefficient (Wildman–Crippen LogP) is 4.10. The molecule has 1 N–H and O–H groups in total. The van der Waals surface area contributed by atoms with Gasteiger partial charge in [-0.2, -0.15) is 0 Å². The van der Waals surface area contributed by atoms with Gasteiger partial charge in [-0.25, -0.2) is 0 Å². The average molecular weight is 257 g/mol. The van der Waals surface area contributed by atoms with Gasteiger partial charge in [-0.15, -0.1) is 0 Å². The van der Waals surface area contributed by atoms with Gasteiger partial charge in [0, 0.05) is 19.2 Å². The van der Waals surface area contributed by atoms with E-state index in [-0.39, 0.29) is 7.43 Å². The molecule has 2 saturated heterocycles. The van der Waals surface area contributed by atoms with Crippen molar-refractivity contribution in [3.63, 3.8) is 0 Å². The van der Waals surface area contributed by atoms with E-state index in [0.29, 0.717) is 18.1 Å². The zero-order valence-corrected chi connectivity index (χ0v) is 12.3. The molecule has 3 atom stereocenters. The van der Waals surface area contributed by atoms with Crippen molar-refractivity contribution in [1.82, 2.24) is 5.32 Å². The number of nitrogens with one attached hydrogen (secondary N) is 1. The lowest BCUT2D eigenvalue weighted by Crippen LogP contribution is -2.37. The summed E-state index contributed by atoms with van der Waals surface area (Å²) >= 11 is 0. The van der Waals surface area contributed by atoms with Crippen molar-refractivity contribution < 1.29 is 4.74 Å². The molecule has 18 heavy (non-hydrogen) atoms. The second kappa shape index (κ2) is 8.92. The Balaban J connectivity index is 0.000000512. The molecular formula is C16H35NO. The number of ether oxygens (including phenoxy) is 1. The standard InChI is InChI=1S/C11H21NO.C4H10.CH4/c1-8(2)10-11-9(7-12-10)5-3-4-6-13-11;1-4(2)3;/h8-12H,3-7H2,1-2H3;4H,1-3H3;1H4/t9-,10?,11?;;/m0../s1. The van der Waals surface area contributed by atoms with E-state index in [1.165, 1.54) is 25.8 Å². The van der Waals surface area contributed by atoms with Crippen molar-refractivity contribution in [2.45, 2.75) is 73.5 Å². The quantitative estimate of drug-likeness (QED) is 0.763. The molecule has 2 heterocycles. The molecule has 2 aliphatic heterocycles. The highest BCUT2D eigenvalue weighted by Crippen LogP contribution is 2.29. The summed E-state index contributed by atoms with van der Waals surface area (Å²) in [6.45, 7) is 13.2. The second-order valence-electron chi connectivity index (χ2n) is 6.50. The van der Waals surface area contributed by atoms with Crippen LogP contribution in [0.4, 0.5) is 0 Å². The van der Waals surface area contributed by atoms with Crippen LogP contribution in [0.1, 0.15) is 61.3 Å². The Kier molecular flexibility index (Phi) is 8.89. The topological polar surface area (TPSA) is 21.3 Å². The minimum absolute atomic E-state index is 0. The van der Waals surface area contributed by atoms with E-state index in [9.17, 15) is 0 Å². The minimum atomic E-state index is 0. The van der Waals surface area contributed by atoms with Gasteiger partial charge < -0.3 is 10.1 Å². The summed E-state index contributed by atoms with van der Waals surface area (Å²) in [7, 11) is 0. The maximum absolute atomic E-state index is 5.94. The molecule has 0 saturated carbocycles. The molecule has 2 unspecified atom stereocenters. The number of hydrogen-bond acceptors (Lipinski definition) is 2. The van der Waals surface area contributed by atoms with Crippen molar-refractivity contribution >= 4 is 0 Å². The molecule has 110 valence electrons. The van der Waals surface area contributed by atoms with Crippen LogP contribution in [0.25, 0.3) is 0 Å². The lowest BCUT2D eigenvalue weighted by Gasteiger charge is -2.25. The van der Waals surface area contributed by atoms with Crippen molar-refractivity contribution in [1.29, 1.82) is 0 Å². The highest BCUT2D eigenvalue weighted by Gasteiger charge is 2.38. The number of rotatable bonds is 1. The maximum atomic E-state index is 5.94. The van der Waals surface area contributed by atoms with Crippen LogP contribution in [0.3, 0.4) is 0 Å². The van der Waals surface area contributed by atoms with Gasteiger partial charge in [0.2, 0.25) is 0 Å². The molecule has 0 bridgehead atoms. The molecule has 2 heteroatoms. The zero-order valence-electron chi connectivity index (χ0n) is 12.3. The number of fused-ring (bicyclic) bond motifs is 1. The van der Waals surface area contributed by atoms with Crippen LogP contribution in [-0.2, 0) is 4.74 Å². The fourth-order valence-corrected chi connectivity index (χ4v) is 2.66. The second-order valence-corrected chi connectivity index (χ2v) is 6.50. The Labute approximate surface area is 115 Å². The SMILES string of the molecule is C.CC(C)C.CC(C)C1NC[C@@H]2CCCCOC12. The first-order valence-corrected chi connectivity index (χ1v) is 7.37. The third-order valence-electron chi connectivity index (χ3n) is 3.43. The predicted molar refractivity (Wildman–Crippen MR) is 81.0 cm³/mol. The Bertz CT molecular complexity index is 201. The van der Waals surface area contributed by atoms with Crippen LogP contribution < -0.4 is 5.32 Å². The summed E-state index contributed by atoms with van der Waals surface area (Å²) in [5, 5.41) is 3.60. The molecule has 0 spiro atoms. The summed E-state index contributed by atoms with van der Waals surface area (Å²) in [5.74, 6) is 2.32. The van der Waals surface area contributed by atoms with Gasteiger partial charge in [0.25, 0.3) is 0 Å². The van der Waals surface area contributed by atoms with Gasteiger partial charge in [0.05, 0.1) is 6.10 Å². The Hall–Kier alpha value is -0.0800. The van der Waals surface area contributed by atoms with Gasteiger partial charge in [0.15, 0.2) is 0 Å². The summed E-state index contributed by atoms with van der Waals surface area (Å²) in [4.78, 5) is 0.